The number of nitrogens with one attached hydrogen (secondary N) is 2. The Morgan fingerprint density at radius 1 is 1.56 bits per heavy atom. The van der Waals surface area contributed by atoms with E-state index in [1.54, 1.807) is 11.0 Å². The summed E-state index contributed by atoms with van der Waals surface area (Å²) in [5.41, 5.74) is 4.34. The van der Waals surface area contributed by atoms with Gasteiger partial charge in [-0.1, -0.05) is 18.5 Å². The first kappa shape index (κ1) is 11.7. The van der Waals surface area contributed by atoms with Gasteiger partial charge in [0.25, 0.3) is 0 Å². The molecule has 18 heavy (non-hydrogen) atoms. The summed E-state index contributed by atoms with van der Waals surface area (Å²) in [6.45, 7) is 3.02. The third kappa shape index (κ3) is 1.66. The van der Waals surface area contributed by atoms with Crippen LogP contribution in [0.2, 0.25) is 5.15 Å². The lowest BCUT2D eigenvalue weighted by atomic mass is 9.97. The summed E-state index contributed by atoms with van der Waals surface area (Å²) in [5.74, 6) is 0. The second-order valence-corrected chi connectivity index (χ2v) is 4.89. The minimum atomic E-state index is 0.0520. The van der Waals surface area contributed by atoms with Crippen molar-refractivity contribution in [1.29, 1.82) is 0 Å². The number of rotatable bonds is 2. The molecule has 0 spiro atoms. The smallest absolute Gasteiger partial charge is 0.132 e. The molecule has 0 radical (unpaired) electrons. The van der Waals surface area contributed by atoms with E-state index in [2.05, 4.69) is 27.3 Å². The molecule has 2 aromatic rings. The van der Waals surface area contributed by atoms with E-state index < -0.39 is 0 Å². The molecule has 0 amide bonds. The molecular weight excluding hydrogens is 250 g/mol. The van der Waals surface area contributed by atoms with Crippen LogP contribution in [0.25, 0.3) is 0 Å². The van der Waals surface area contributed by atoms with E-state index in [1.165, 1.54) is 5.69 Å². The van der Waals surface area contributed by atoms with E-state index >= 15 is 0 Å². The fraction of sp³-hybridized carbons (Fsp3) is 0.500. The van der Waals surface area contributed by atoms with Crippen LogP contribution in [0.5, 0.6) is 0 Å². The van der Waals surface area contributed by atoms with Crippen LogP contribution in [0.1, 0.15) is 35.6 Å². The summed E-state index contributed by atoms with van der Waals surface area (Å²) < 4.78 is 1.73. The van der Waals surface area contributed by atoms with Crippen LogP contribution in [-0.4, -0.2) is 26.3 Å². The Hall–Kier alpha value is -1.33. The fourth-order valence-electron chi connectivity index (χ4n) is 2.58. The molecule has 5 nitrogen and oxygen atoms in total. The van der Waals surface area contributed by atoms with Crippen LogP contribution in [0.15, 0.2) is 6.33 Å². The summed E-state index contributed by atoms with van der Waals surface area (Å²) >= 11 is 6.38. The van der Waals surface area contributed by atoms with E-state index in [0.29, 0.717) is 5.15 Å². The Labute approximate surface area is 111 Å². The van der Waals surface area contributed by atoms with Crippen LogP contribution in [0.3, 0.4) is 0 Å². The van der Waals surface area contributed by atoms with Crippen molar-refractivity contribution in [3.05, 3.63) is 34.1 Å². The Morgan fingerprint density at radius 2 is 2.39 bits per heavy atom. The van der Waals surface area contributed by atoms with Crippen molar-refractivity contribution in [2.24, 2.45) is 7.05 Å². The molecule has 0 saturated heterocycles. The minimum Gasteiger partial charge on any atom is -0.348 e. The molecule has 0 unspecified atom stereocenters. The van der Waals surface area contributed by atoms with E-state index in [9.17, 15) is 0 Å². The molecule has 1 atom stereocenters. The number of H-pyrrole nitrogens is 1. The van der Waals surface area contributed by atoms with Gasteiger partial charge in [0.2, 0.25) is 0 Å². The van der Waals surface area contributed by atoms with E-state index in [-0.39, 0.29) is 6.04 Å². The second kappa shape index (κ2) is 4.40. The number of halogens is 1. The van der Waals surface area contributed by atoms with Crippen molar-refractivity contribution in [2.75, 3.05) is 6.54 Å². The molecule has 0 fully saturated rings. The zero-order chi connectivity index (χ0) is 12.7. The highest BCUT2D eigenvalue weighted by Gasteiger charge is 2.29. The summed E-state index contributed by atoms with van der Waals surface area (Å²) in [5, 5.41) is 8.65. The Morgan fingerprint density at radius 3 is 3.17 bits per heavy atom. The lowest BCUT2D eigenvalue weighted by Crippen LogP contribution is -2.31. The summed E-state index contributed by atoms with van der Waals surface area (Å²) in [4.78, 5) is 7.63. The van der Waals surface area contributed by atoms with Gasteiger partial charge in [0.1, 0.15) is 5.15 Å². The van der Waals surface area contributed by atoms with Gasteiger partial charge in [-0.15, -0.1) is 0 Å². The quantitative estimate of drug-likeness (QED) is 0.867. The van der Waals surface area contributed by atoms with Crippen LogP contribution in [0, 0.1) is 0 Å². The predicted octanol–water partition coefficient (Wildman–Crippen LogP) is 1.59. The standard InChI is InChI=1S/C12H16ClN5/c1-3-7-9(12(13)18(2)17-7)11-10-8(4-5-14-11)15-6-16-10/h6,11,14H,3-5H2,1-2H3,(H,15,16)/t11-/m0/s1. The highest BCUT2D eigenvalue weighted by atomic mass is 35.5. The lowest BCUT2D eigenvalue weighted by molar-refractivity contribution is 0.550. The van der Waals surface area contributed by atoms with Crippen molar-refractivity contribution in [2.45, 2.75) is 25.8 Å². The SMILES string of the molecule is CCc1nn(C)c(Cl)c1[C@@H]1NCCc2[nH]cnc21. The maximum atomic E-state index is 6.38. The minimum absolute atomic E-state index is 0.0520. The first-order valence-corrected chi connectivity index (χ1v) is 6.57. The van der Waals surface area contributed by atoms with Crippen LogP contribution in [-0.2, 0) is 19.9 Å². The molecule has 0 saturated carbocycles. The largest absolute Gasteiger partial charge is 0.348 e. The van der Waals surface area contributed by atoms with Gasteiger partial charge in [-0.2, -0.15) is 5.10 Å². The average molecular weight is 266 g/mol. The maximum Gasteiger partial charge on any atom is 0.132 e. The second-order valence-electron chi connectivity index (χ2n) is 4.53. The monoisotopic (exact) mass is 265 g/mol. The normalized spacial score (nSPS) is 18.9. The number of aryl methyl sites for hydroxylation is 2. The van der Waals surface area contributed by atoms with E-state index in [1.807, 2.05) is 7.05 Å². The molecule has 6 heteroatoms. The number of hydrogen-bond donors (Lipinski definition) is 2. The zero-order valence-electron chi connectivity index (χ0n) is 10.5. The number of fused-ring (bicyclic) bond motifs is 1. The first-order valence-electron chi connectivity index (χ1n) is 6.19. The fourth-order valence-corrected chi connectivity index (χ4v) is 2.83. The highest BCUT2D eigenvalue weighted by molar-refractivity contribution is 6.30. The number of imidazole rings is 1. The molecule has 3 heterocycles. The van der Waals surface area contributed by atoms with E-state index in [4.69, 9.17) is 11.6 Å². The van der Waals surface area contributed by atoms with Crippen molar-refractivity contribution in [1.82, 2.24) is 25.1 Å². The van der Waals surface area contributed by atoms with Crippen LogP contribution < -0.4 is 5.32 Å². The van der Waals surface area contributed by atoms with Crippen molar-refractivity contribution in [3.63, 3.8) is 0 Å². The number of hydrogen-bond acceptors (Lipinski definition) is 3. The zero-order valence-corrected chi connectivity index (χ0v) is 11.3. The lowest BCUT2D eigenvalue weighted by Gasteiger charge is -2.23. The van der Waals surface area contributed by atoms with Gasteiger partial charge in [-0.3, -0.25) is 4.68 Å². The molecule has 1 aliphatic heterocycles. The molecule has 0 aliphatic carbocycles. The van der Waals surface area contributed by atoms with Crippen molar-refractivity contribution >= 4 is 11.6 Å². The van der Waals surface area contributed by atoms with Crippen molar-refractivity contribution < 1.29 is 0 Å². The molecular formula is C12H16ClN5. The van der Waals surface area contributed by atoms with Gasteiger partial charge in [0.05, 0.1) is 23.8 Å². The van der Waals surface area contributed by atoms with Crippen LogP contribution in [0.4, 0.5) is 0 Å². The molecule has 0 bridgehead atoms. The summed E-state index contributed by atoms with van der Waals surface area (Å²) in [6.07, 6.45) is 3.60. The third-order valence-corrected chi connectivity index (χ3v) is 3.91. The first-order chi connectivity index (χ1) is 8.72. The predicted molar refractivity (Wildman–Crippen MR) is 69.7 cm³/mol. The summed E-state index contributed by atoms with van der Waals surface area (Å²) in [7, 11) is 1.87. The van der Waals surface area contributed by atoms with Gasteiger partial charge in [0, 0.05) is 31.3 Å². The van der Waals surface area contributed by atoms with Gasteiger partial charge >= 0.3 is 0 Å². The Balaban J connectivity index is 2.12. The van der Waals surface area contributed by atoms with Gasteiger partial charge in [0.15, 0.2) is 0 Å². The van der Waals surface area contributed by atoms with Crippen LogP contribution >= 0.6 is 11.6 Å². The Kier molecular flexibility index (Phi) is 2.87. The van der Waals surface area contributed by atoms with Gasteiger partial charge in [-0.25, -0.2) is 4.98 Å². The van der Waals surface area contributed by atoms with E-state index in [0.717, 1.165) is 36.3 Å². The number of nitrogens with zero attached hydrogens (tertiary/aromatic N) is 3. The topological polar surface area (TPSA) is 58.5 Å². The molecule has 2 N–H and O–H groups in total. The van der Waals surface area contributed by atoms with Gasteiger partial charge < -0.3 is 10.3 Å². The Bertz CT molecular complexity index is 571. The summed E-state index contributed by atoms with van der Waals surface area (Å²) in [6, 6.07) is 0.0520. The maximum absolute atomic E-state index is 6.38. The highest BCUT2D eigenvalue weighted by Crippen LogP contribution is 2.33. The van der Waals surface area contributed by atoms with Gasteiger partial charge in [-0.05, 0) is 6.42 Å². The molecule has 1 aliphatic rings. The molecule has 0 aromatic carbocycles. The molecule has 3 rings (SSSR count). The average Bonchev–Trinajstić information content (AvgIpc) is 2.95. The molecule has 96 valence electrons. The third-order valence-electron chi connectivity index (χ3n) is 3.46. The number of aromatic nitrogens is 4. The number of aromatic amines is 1. The molecule has 2 aromatic heterocycles. The van der Waals surface area contributed by atoms with Crippen molar-refractivity contribution in [3.8, 4) is 0 Å².